The molecule has 6 heteroatoms. The molecule has 1 aromatic heterocycles. The standard InChI is InChI=1S/C12H15NO3S2/c14-12(4-3-11-2-1-6-17-11)13-8-10-5-7-18(15,16)9-10/h1-4,6,10H,5,7-9H2,(H,13,14)/b4-3+/t10-/m0/s1. The Morgan fingerprint density at radius 1 is 1.56 bits per heavy atom. The normalized spacial score (nSPS) is 22.3. The van der Waals surface area contributed by atoms with Gasteiger partial charge in [-0.05, 0) is 29.9 Å². The van der Waals surface area contributed by atoms with Crippen molar-refractivity contribution in [3.63, 3.8) is 0 Å². The van der Waals surface area contributed by atoms with Crippen LogP contribution in [0.15, 0.2) is 23.6 Å². The number of rotatable bonds is 4. The summed E-state index contributed by atoms with van der Waals surface area (Å²) in [7, 11) is -2.86. The molecular weight excluding hydrogens is 270 g/mol. The van der Waals surface area contributed by atoms with Crippen LogP contribution in [0.4, 0.5) is 0 Å². The van der Waals surface area contributed by atoms with Crippen molar-refractivity contribution in [2.24, 2.45) is 5.92 Å². The number of thiophene rings is 1. The van der Waals surface area contributed by atoms with Crippen molar-refractivity contribution < 1.29 is 13.2 Å². The number of amides is 1. The van der Waals surface area contributed by atoms with E-state index in [0.29, 0.717) is 13.0 Å². The Kier molecular flexibility index (Phi) is 4.19. The first-order chi connectivity index (χ1) is 8.55. The fourth-order valence-electron chi connectivity index (χ4n) is 1.88. The molecule has 1 aromatic rings. The van der Waals surface area contributed by atoms with Crippen molar-refractivity contribution in [3.05, 3.63) is 28.5 Å². The quantitative estimate of drug-likeness (QED) is 0.848. The zero-order valence-electron chi connectivity index (χ0n) is 9.83. The van der Waals surface area contributed by atoms with Gasteiger partial charge >= 0.3 is 0 Å². The van der Waals surface area contributed by atoms with E-state index in [2.05, 4.69) is 5.32 Å². The fraction of sp³-hybridized carbons (Fsp3) is 0.417. The van der Waals surface area contributed by atoms with Crippen LogP contribution in [0.2, 0.25) is 0 Å². The third-order valence-electron chi connectivity index (χ3n) is 2.83. The molecule has 98 valence electrons. The van der Waals surface area contributed by atoms with Crippen LogP contribution < -0.4 is 5.32 Å². The van der Waals surface area contributed by atoms with E-state index in [4.69, 9.17) is 0 Å². The zero-order valence-corrected chi connectivity index (χ0v) is 11.5. The van der Waals surface area contributed by atoms with Crippen molar-refractivity contribution in [2.75, 3.05) is 18.1 Å². The molecule has 0 radical (unpaired) electrons. The highest BCUT2D eigenvalue weighted by molar-refractivity contribution is 7.91. The van der Waals surface area contributed by atoms with Crippen molar-refractivity contribution in [1.29, 1.82) is 0 Å². The summed E-state index contributed by atoms with van der Waals surface area (Å²) in [5.41, 5.74) is 0. The first-order valence-corrected chi connectivity index (χ1v) is 8.45. The number of hydrogen-bond donors (Lipinski definition) is 1. The molecule has 0 spiro atoms. The summed E-state index contributed by atoms with van der Waals surface area (Å²) in [4.78, 5) is 12.5. The fourth-order valence-corrected chi connectivity index (χ4v) is 4.36. The highest BCUT2D eigenvalue weighted by Crippen LogP contribution is 2.17. The lowest BCUT2D eigenvalue weighted by molar-refractivity contribution is -0.116. The molecule has 1 aliphatic rings. The third kappa shape index (κ3) is 3.96. The average molecular weight is 285 g/mol. The zero-order chi connectivity index (χ0) is 13.0. The third-order valence-corrected chi connectivity index (χ3v) is 5.51. The molecule has 1 saturated heterocycles. The van der Waals surface area contributed by atoms with Gasteiger partial charge in [-0.25, -0.2) is 8.42 Å². The minimum Gasteiger partial charge on any atom is -0.352 e. The number of carbonyl (C=O) groups excluding carboxylic acids is 1. The predicted molar refractivity (Wildman–Crippen MR) is 73.1 cm³/mol. The molecule has 0 unspecified atom stereocenters. The lowest BCUT2D eigenvalue weighted by Crippen LogP contribution is -2.28. The summed E-state index contributed by atoms with van der Waals surface area (Å²) in [6.07, 6.45) is 3.89. The topological polar surface area (TPSA) is 63.2 Å². The van der Waals surface area contributed by atoms with Gasteiger partial charge in [0.2, 0.25) is 5.91 Å². The first kappa shape index (κ1) is 13.3. The van der Waals surface area contributed by atoms with Crippen LogP contribution in [0, 0.1) is 5.92 Å². The lowest BCUT2D eigenvalue weighted by atomic mass is 10.1. The van der Waals surface area contributed by atoms with Crippen molar-refractivity contribution in [1.82, 2.24) is 5.32 Å². The molecular formula is C12H15NO3S2. The summed E-state index contributed by atoms with van der Waals surface area (Å²) < 4.78 is 22.5. The minimum atomic E-state index is -2.86. The molecule has 2 heterocycles. The van der Waals surface area contributed by atoms with E-state index in [9.17, 15) is 13.2 Å². The summed E-state index contributed by atoms with van der Waals surface area (Å²) in [6, 6.07) is 3.85. The maximum absolute atomic E-state index is 11.5. The number of sulfone groups is 1. The lowest BCUT2D eigenvalue weighted by Gasteiger charge is -2.07. The summed E-state index contributed by atoms with van der Waals surface area (Å²) in [5.74, 6) is 0.335. The molecule has 1 atom stereocenters. The second-order valence-electron chi connectivity index (χ2n) is 4.36. The van der Waals surface area contributed by atoms with Crippen LogP contribution in [0.5, 0.6) is 0 Å². The molecule has 0 bridgehead atoms. The summed E-state index contributed by atoms with van der Waals surface area (Å²) >= 11 is 1.56. The molecule has 18 heavy (non-hydrogen) atoms. The Balaban J connectivity index is 1.76. The van der Waals surface area contributed by atoms with Gasteiger partial charge in [-0.2, -0.15) is 0 Å². The molecule has 0 aromatic carbocycles. The second kappa shape index (κ2) is 5.67. The number of carbonyl (C=O) groups is 1. The first-order valence-electron chi connectivity index (χ1n) is 5.75. The van der Waals surface area contributed by atoms with Gasteiger partial charge in [0.05, 0.1) is 11.5 Å². The van der Waals surface area contributed by atoms with Crippen LogP contribution in [0.1, 0.15) is 11.3 Å². The SMILES string of the molecule is O=C(/C=C/c1cccs1)NC[C@@H]1CCS(=O)(=O)C1. The second-order valence-corrected chi connectivity index (χ2v) is 7.57. The van der Waals surface area contributed by atoms with E-state index in [1.54, 1.807) is 17.4 Å². The van der Waals surface area contributed by atoms with Gasteiger partial charge in [-0.15, -0.1) is 11.3 Å². The van der Waals surface area contributed by atoms with Crippen LogP contribution in [-0.4, -0.2) is 32.4 Å². The maximum atomic E-state index is 11.5. The van der Waals surface area contributed by atoms with Crippen molar-refractivity contribution in [2.45, 2.75) is 6.42 Å². The Bertz CT molecular complexity index is 532. The Hall–Kier alpha value is -1.14. The van der Waals surface area contributed by atoms with Gasteiger partial charge < -0.3 is 5.32 Å². The van der Waals surface area contributed by atoms with Crippen LogP contribution >= 0.6 is 11.3 Å². The molecule has 1 amide bonds. The van der Waals surface area contributed by atoms with E-state index in [1.807, 2.05) is 17.5 Å². The van der Waals surface area contributed by atoms with Gasteiger partial charge in [-0.1, -0.05) is 6.07 Å². The average Bonchev–Trinajstić information content (AvgIpc) is 2.93. The van der Waals surface area contributed by atoms with E-state index in [1.165, 1.54) is 6.08 Å². The Morgan fingerprint density at radius 3 is 3.00 bits per heavy atom. The largest absolute Gasteiger partial charge is 0.352 e. The molecule has 1 fully saturated rings. The van der Waals surface area contributed by atoms with Gasteiger partial charge in [0.15, 0.2) is 9.84 Å². The highest BCUT2D eigenvalue weighted by atomic mass is 32.2. The summed E-state index contributed by atoms with van der Waals surface area (Å²) in [6.45, 7) is 0.437. The van der Waals surface area contributed by atoms with Gasteiger partial charge in [0.1, 0.15) is 0 Å². The molecule has 2 rings (SSSR count). The number of hydrogen-bond acceptors (Lipinski definition) is 4. The minimum absolute atomic E-state index is 0.0640. The van der Waals surface area contributed by atoms with Gasteiger partial charge in [-0.3, -0.25) is 4.79 Å². The van der Waals surface area contributed by atoms with Crippen LogP contribution in [-0.2, 0) is 14.6 Å². The Labute approximate surface area is 111 Å². The van der Waals surface area contributed by atoms with Crippen LogP contribution in [0.25, 0.3) is 6.08 Å². The van der Waals surface area contributed by atoms with E-state index < -0.39 is 9.84 Å². The predicted octanol–water partition coefficient (Wildman–Crippen LogP) is 1.31. The molecule has 0 aliphatic carbocycles. The highest BCUT2D eigenvalue weighted by Gasteiger charge is 2.27. The van der Waals surface area contributed by atoms with Crippen molar-refractivity contribution in [3.8, 4) is 0 Å². The smallest absolute Gasteiger partial charge is 0.244 e. The van der Waals surface area contributed by atoms with E-state index in [-0.39, 0.29) is 23.3 Å². The van der Waals surface area contributed by atoms with E-state index in [0.717, 1.165) is 4.88 Å². The molecule has 1 aliphatic heterocycles. The molecule has 4 nitrogen and oxygen atoms in total. The van der Waals surface area contributed by atoms with E-state index >= 15 is 0 Å². The maximum Gasteiger partial charge on any atom is 0.244 e. The number of nitrogens with one attached hydrogen (secondary N) is 1. The molecule has 1 N–H and O–H groups in total. The van der Waals surface area contributed by atoms with Crippen LogP contribution in [0.3, 0.4) is 0 Å². The summed E-state index contributed by atoms with van der Waals surface area (Å²) in [5, 5.41) is 4.68. The van der Waals surface area contributed by atoms with Gasteiger partial charge in [0, 0.05) is 17.5 Å². The van der Waals surface area contributed by atoms with Gasteiger partial charge in [0.25, 0.3) is 0 Å². The Morgan fingerprint density at radius 2 is 2.39 bits per heavy atom. The van der Waals surface area contributed by atoms with Crippen molar-refractivity contribution >= 4 is 33.2 Å². The molecule has 0 saturated carbocycles. The monoisotopic (exact) mass is 285 g/mol.